The van der Waals surface area contributed by atoms with Crippen LogP contribution < -0.4 is 5.32 Å². The Hall–Kier alpha value is -1.00. The molecule has 0 radical (unpaired) electrons. The van der Waals surface area contributed by atoms with Gasteiger partial charge in [0.05, 0.1) is 6.10 Å². The monoisotopic (exact) mass is 283 g/mol. The van der Waals surface area contributed by atoms with Crippen LogP contribution in [0.4, 0.5) is 8.78 Å². The lowest BCUT2D eigenvalue weighted by atomic mass is 9.95. The van der Waals surface area contributed by atoms with Crippen LogP contribution in [0.5, 0.6) is 0 Å². The Morgan fingerprint density at radius 3 is 2.85 bits per heavy atom. The van der Waals surface area contributed by atoms with E-state index >= 15 is 0 Å². The van der Waals surface area contributed by atoms with E-state index in [-0.39, 0.29) is 12.1 Å². The summed E-state index contributed by atoms with van der Waals surface area (Å²) in [4.78, 5) is 0. The fourth-order valence-corrected chi connectivity index (χ4v) is 2.67. The maximum absolute atomic E-state index is 13.8. The van der Waals surface area contributed by atoms with Gasteiger partial charge in [-0.2, -0.15) is 0 Å². The minimum absolute atomic E-state index is 0.0928. The highest BCUT2D eigenvalue weighted by molar-refractivity contribution is 5.20. The highest BCUT2D eigenvalue weighted by Gasteiger charge is 2.25. The number of ether oxygens (including phenoxy) is 1. The normalized spacial score (nSPS) is 20.9. The van der Waals surface area contributed by atoms with Crippen LogP contribution >= 0.6 is 0 Å². The number of nitrogens with one attached hydrogen (secondary N) is 1. The SMILES string of the molecule is CCCNC(Cc1ccc(F)cc1F)C1CCCCO1. The van der Waals surface area contributed by atoms with E-state index in [1.54, 1.807) is 0 Å². The first-order valence-electron chi connectivity index (χ1n) is 7.49. The summed E-state index contributed by atoms with van der Waals surface area (Å²) in [7, 11) is 0. The van der Waals surface area contributed by atoms with Crippen molar-refractivity contribution in [3.05, 3.63) is 35.4 Å². The van der Waals surface area contributed by atoms with Crippen LogP contribution in [0, 0.1) is 11.6 Å². The van der Waals surface area contributed by atoms with Crippen molar-refractivity contribution in [1.29, 1.82) is 0 Å². The van der Waals surface area contributed by atoms with Gasteiger partial charge in [-0.05, 0) is 50.3 Å². The summed E-state index contributed by atoms with van der Waals surface area (Å²) in [5.41, 5.74) is 0.550. The quantitative estimate of drug-likeness (QED) is 0.863. The van der Waals surface area contributed by atoms with E-state index in [2.05, 4.69) is 12.2 Å². The molecule has 1 aliphatic rings. The van der Waals surface area contributed by atoms with Crippen molar-refractivity contribution in [2.45, 2.75) is 51.2 Å². The summed E-state index contributed by atoms with van der Waals surface area (Å²) >= 11 is 0. The Labute approximate surface area is 119 Å². The van der Waals surface area contributed by atoms with Crippen LogP contribution in [0.1, 0.15) is 38.2 Å². The smallest absolute Gasteiger partial charge is 0.129 e. The topological polar surface area (TPSA) is 21.3 Å². The summed E-state index contributed by atoms with van der Waals surface area (Å²) in [6.07, 6.45) is 4.94. The molecule has 2 unspecified atom stereocenters. The predicted molar refractivity (Wildman–Crippen MR) is 75.7 cm³/mol. The molecule has 1 aromatic carbocycles. The third kappa shape index (κ3) is 4.25. The highest BCUT2D eigenvalue weighted by atomic mass is 19.1. The molecule has 112 valence electrons. The number of benzene rings is 1. The second kappa shape index (κ2) is 7.70. The molecular weight excluding hydrogens is 260 g/mol. The average Bonchev–Trinajstić information content (AvgIpc) is 2.46. The van der Waals surface area contributed by atoms with E-state index < -0.39 is 11.6 Å². The molecule has 4 heteroatoms. The molecule has 2 atom stereocenters. The number of hydrogen-bond acceptors (Lipinski definition) is 2. The van der Waals surface area contributed by atoms with Crippen molar-refractivity contribution >= 4 is 0 Å². The zero-order valence-corrected chi connectivity index (χ0v) is 12.0. The first-order chi connectivity index (χ1) is 9.70. The Morgan fingerprint density at radius 1 is 1.35 bits per heavy atom. The summed E-state index contributed by atoms with van der Waals surface area (Å²) in [6.45, 7) is 3.76. The van der Waals surface area contributed by atoms with Crippen LogP contribution in [0.25, 0.3) is 0 Å². The van der Waals surface area contributed by atoms with Crippen molar-refractivity contribution in [3.8, 4) is 0 Å². The van der Waals surface area contributed by atoms with Gasteiger partial charge in [-0.3, -0.25) is 0 Å². The molecule has 1 aliphatic heterocycles. The fourth-order valence-electron chi connectivity index (χ4n) is 2.67. The second-order valence-electron chi connectivity index (χ2n) is 5.41. The predicted octanol–water partition coefficient (Wildman–Crippen LogP) is 3.44. The maximum Gasteiger partial charge on any atom is 0.129 e. The standard InChI is InChI=1S/C16H23F2NO/c1-2-8-19-15(16-5-3-4-9-20-16)10-12-6-7-13(17)11-14(12)18/h6-7,11,15-16,19H,2-5,8-10H2,1H3. The second-order valence-corrected chi connectivity index (χ2v) is 5.41. The van der Waals surface area contributed by atoms with E-state index in [0.717, 1.165) is 44.9 Å². The van der Waals surface area contributed by atoms with Gasteiger partial charge in [-0.1, -0.05) is 13.0 Å². The molecule has 0 amide bonds. The third-order valence-electron chi connectivity index (χ3n) is 3.78. The molecule has 0 aliphatic carbocycles. The molecule has 0 bridgehead atoms. The molecule has 1 heterocycles. The van der Waals surface area contributed by atoms with Gasteiger partial charge in [-0.25, -0.2) is 8.78 Å². The van der Waals surface area contributed by atoms with E-state index in [1.807, 2.05) is 0 Å². The van der Waals surface area contributed by atoms with E-state index in [9.17, 15) is 8.78 Å². The Balaban J connectivity index is 2.05. The zero-order chi connectivity index (χ0) is 14.4. The molecule has 20 heavy (non-hydrogen) atoms. The highest BCUT2D eigenvalue weighted by Crippen LogP contribution is 2.20. The van der Waals surface area contributed by atoms with E-state index in [0.29, 0.717) is 12.0 Å². The Bertz CT molecular complexity index is 419. The van der Waals surface area contributed by atoms with Crippen LogP contribution in [-0.4, -0.2) is 25.3 Å². The van der Waals surface area contributed by atoms with Crippen LogP contribution in [0.3, 0.4) is 0 Å². The van der Waals surface area contributed by atoms with Crippen molar-refractivity contribution in [3.63, 3.8) is 0 Å². The minimum atomic E-state index is -0.529. The molecule has 1 saturated heterocycles. The average molecular weight is 283 g/mol. The summed E-state index contributed by atoms with van der Waals surface area (Å²) in [6, 6.07) is 3.90. The van der Waals surface area contributed by atoms with Crippen molar-refractivity contribution in [1.82, 2.24) is 5.32 Å². The third-order valence-corrected chi connectivity index (χ3v) is 3.78. The fraction of sp³-hybridized carbons (Fsp3) is 0.625. The molecule has 0 aromatic heterocycles. The molecular formula is C16H23F2NO. The number of rotatable bonds is 6. The van der Waals surface area contributed by atoms with Gasteiger partial charge < -0.3 is 10.1 Å². The van der Waals surface area contributed by atoms with Crippen molar-refractivity contribution < 1.29 is 13.5 Å². The van der Waals surface area contributed by atoms with Gasteiger partial charge >= 0.3 is 0 Å². The number of halogens is 2. The summed E-state index contributed by atoms with van der Waals surface area (Å²) in [5, 5.41) is 3.44. The lowest BCUT2D eigenvalue weighted by molar-refractivity contribution is -0.00751. The van der Waals surface area contributed by atoms with Crippen LogP contribution in [0.15, 0.2) is 18.2 Å². The lowest BCUT2D eigenvalue weighted by Gasteiger charge is -2.31. The molecule has 1 fully saturated rings. The van der Waals surface area contributed by atoms with E-state index in [4.69, 9.17) is 4.74 Å². The summed E-state index contributed by atoms with van der Waals surface area (Å²) in [5.74, 6) is -0.998. The Kier molecular flexibility index (Phi) is 5.92. The summed E-state index contributed by atoms with van der Waals surface area (Å²) < 4.78 is 32.6. The van der Waals surface area contributed by atoms with Gasteiger partial charge in [0, 0.05) is 18.7 Å². The maximum atomic E-state index is 13.8. The van der Waals surface area contributed by atoms with Gasteiger partial charge in [0.2, 0.25) is 0 Å². The van der Waals surface area contributed by atoms with Crippen LogP contribution in [0.2, 0.25) is 0 Å². The largest absolute Gasteiger partial charge is 0.377 e. The first kappa shape index (κ1) is 15.4. The van der Waals surface area contributed by atoms with Gasteiger partial charge in [0.25, 0.3) is 0 Å². The minimum Gasteiger partial charge on any atom is -0.377 e. The molecule has 1 N–H and O–H groups in total. The molecule has 0 spiro atoms. The zero-order valence-electron chi connectivity index (χ0n) is 12.0. The molecule has 2 rings (SSSR count). The number of hydrogen-bond donors (Lipinski definition) is 1. The van der Waals surface area contributed by atoms with Crippen LogP contribution in [-0.2, 0) is 11.2 Å². The van der Waals surface area contributed by atoms with Crippen molar-refractivity contribution in [2.75, 3.05) is 13.2 Å². The van der Waals surface area contributed by atoms with Gasteiger partial charge in [0.15, 0.2) is 0 Å². The first-order valence-corrected chi connectivity index (χ1v) is 7.49. The molecule has 0 saturated carbocycles. The molecule has 1 aromatic rings. The van der Waals surface area contributed by atoms with Gasteiger partial charge in [-0.15, -0.1) is 0 Å². The van der Waals surface area contributed by atoms with Crippen molar-refractivity contribution in [2.24, 2.45) is 0 Å². The van der Waals surface area contributed by atoms with Gasteiger partial charge in [0.1, 0.15) is 11.6 Å². The van der Waals surface area contributed by atoms with E-state index in [1.165, 1.54) is 12.1 Å². The lowest BCUT2D eigenvalue weighted by Crippen LogP contribution is -2.45. The molecule has 2 nitrogen and oxygen atoms in total. The Morgan fingerprint density at radius 2 is 2.20 bits per heavy atom.